The molecule has 0 bridgehead atoms. The van der Waals surface area contributed by atoms with Crippen LogP contribution in [-0.2, 0) is 0 Å². The summed E-state index contributed by atoms with van der Waals surface area (Å²) in [6.07, 6.45) is -6.20. The molecule has 1 aromatic carbocycles. The first-order chi connectivity index (χ1) is 9.28. The van der Waals surface area contributed by atoms with Crippen molar-refractivity contribution in [1.29, 1.82) is 0 Å². The highest BCUT2D eigenvalue weighted by Gasteiger charge is 2.33. The molecule has 108 valence electrons. The maximum absolute atomic E-state index is 12.3. The first-order valence-electron chi connectivity index (χ1n) is 5.25. The Hall–Kier alpha value is -0.950. The van der Waals surface area contributed by atoms with Crippen LogP contribution in [0.2, 0.25) is 8.67 Å². The Labute approximate surface area is 126 Å². The normalized spacial score (nSPS) is 13.3. The van der Waals surface area contributed by atoms with Gasteiger partial charge in [0.15, 0.2) is 0 Å². The van der Waals surface area contributed by atoms with Crippen molar-refractivity contribution in [1.82, 2.24) is 0 Å². The molecule has 0 spiro atoms. The van der Waals surface area contributed by atoms with E-state index in [-0.39, 0.29) is 15.5 Å². The smallest absolute Gasteiger partial charge is 0.405 e. The first kappa shape index (κ1) is 15.4. The molecule has 0 saturated heterocycles. The number of para-hydroxylation sites is 1. The fourth-order valence-corrected chi connectivity index (χ4v) is 3.15. The summed E-state index contributed by atoms with van der Waals surface area (Å²) in [5.74, 6) is -0.481. The third kappa shape index (κ3) is 3.58. The molecule has 1 aromatic heterocycles. The molecule has 1 N–H and O–H groups in total. The minimum absolute atomic E-state index is 0.0406. The lowest BCUT2D eigenvalue weighted by molar-refractivity contribution is -0.275. The van der Waals surface area contributed by atoms with Gasteiger partial charge in [0.2, 0.25) is 0 Å². The quantitative estimate of drug-likeness (QED) is 0.847. The van der Waals surface area contributed by atoms with Crippen LogP contribution < -0.4 is 4.74 Å². The van der Waals surface area contributed by atoms with Crippen molar-refractivity contribution in [2.75, 3.05) is 0 Å². The minimum atomic E-state index is -4.84. The molecule has 1 unspecified atom stereocenters. The lowest BCUT2D eigenvalue weighted by atomic mass is 10.0. The van der Waals surface area contributed by atoms with Gasteiger partial charge >= 0.3 is 6.36 Å². The fourth-order valence-electron chi connectivity index (χ4n) is 1.63. The third-order valence-corrected chi connectivity index (χ3v) is 3.93. The monoisotopic (exact) mass is 342 g/mol. The Balaban J connectivity index is 2.40. The van der Waals surface area contributed by atoms with Gasteiger partial charge in [-0.05, 0) is 12.1 Å². The van der Waals surface area contributed by atoms with Crippen LogP contribution in [0.5, 0.6) is 5.75 Å². The topological polar surface area (TPSA) is 29.5 Å². The number of halogens is 5. The Bertz CT molecular complexity index is 613. The van der Waals surface area contributed by atoms with Crippen molar-refractivity contribution in [3.63, 3.8) is 0 Å². The van der Waals surface area contributed by atoms with Crippen molar-refractivity contribution >= 4 is 34.5 Å². The maximum Gasteiger partial charge on any atom is 0.573 e. The number of rotatable bonds is 3. The molecule has 20 heavy (non-hydrogen) atoms. The number of aliphatic hydroxyl groups is 1. The van der Waals surface area contributed by atoms with Crippen LogP contribution in [0.25, 0.3) is 0 Å². The summed E-state index contributed by atoms with van der Waals surface area (Å²) in [5.41, 5.74) is 0.195. The Morgan fingerprint density at radius 3 is 2.35 bits per heavy atom. The number of aliphatic hydroxyl groups excluding tert-OH is 1. The molecule has 1 atom stereocenters. The van der Waals surface area contributed by atoms with Crippen molar-refractivity contribution < 1.29 is 23.0 Å². The van der Waals surface area contributed by atoms with E-state index in [0.29, 0.717) is 4.34 Å². The van der Waals surface area contributed by atoms with E-state index < -0.39 is 18.2 Å². The van der Waals surface area contributed by atoms with Crippen molar-refractivity contribution in [2.45, 2.75) is 12.5 Å². The summed E-state index contributed by atoms with van der Waals surface area (Å²) < 4.78 is 41.4. The maximum atomic E-state index is 12.3. The molecule has 1 heterocycles. The zero-order valence-corrected chi connectivity index (χ0v) is 11.9. The molecule has 2 aromatic rings. The molecule has 0 aliphatic heterocycles. The van der Waals surface area contributed by atoms with E-state index in [1.54, 1.807) is 0 Å². The number of hydrogen-bond donors (Lipinski definition) is 1. The Kier molecular flexibility index (Phi) is 4.49. The molecule has 0 saturated carbocycles. The number of thiophene rings is 1. The van der Waals surface area contributed by atoms with E-state index in [4.69, 9.17) is 23.2 Å². The Morgan fingerprint density at radius 1 is 1.15 bits per heavy atom. The van der Waals surface area contributed by atoms with Crippen molar-refractivity contribution in [3.05, 3.63) is 50.1 Å². The van der Waals surface area contributed by atoms with E-state index >= 15 is 0 Å². The van der Waals surface area contributed by atoms with Gasteiger partial charge in [-0.3, -0.25) is 0 Å². The molecule has 0 radical (unpaired) electrons. The molecule has 0 amide bonds. The summed E-state index contributed by atoms with van der Waals surface area (Å²) in [4.78, 5) is 0. The predicted octanol–water partition coefficient (Wildman–Crippen LogP) is 5.04. The minimum Gasteiger partial charge on any atom is -0.405 e. The standard InChI is InChI=1S/C12H7Cl2F3O2S/c13-9-5-7(11(14)20-9)10(18)6-3-1-2-4-8(6)19-12(15,16)17/h1-5,10,18H. The molecule has 2 rings (SSSR count). The molecule has 0 fully saturated rings. The summed E-state index contributed by atoms with van der Waals surface area (Å²) in [5, 5.41) is 10.2. The molecule has 0 aliphatic carbocycles. The van der Waals surface area contributed by atoms with Crippen molar-refractivity contribution in [3.8, 4) is 5.75 Å². The van der Waals surface area contributed by atoms with Gasteiger partial charge in [0.25, 0.3) is 0 Å². The second-order valence-electron chi connectivity index (χ2n) is 3.77. The SMILES string of the molecule is OC(c1ccccc1OC(F)(F)F)c1cc(Cl)sc1Cl. The van der Waals surface area contributed by atoms with Gasteiger partial charge in [-0.2, -0.15) is 0 Å². The van der Waals surface area contributed by atoms with Crippen LogP contribution >= 0.6 is 34.5 Å². The Morgan fingerprint density at radius 2 is 1.80 bits per heavy atom. The van der Waals surface area contributed by atoms with E-state index in [1.807, 2.05) is 0 Å². The van der Waals surface area contributed by atoms with E-state index in [9.17, 15) is 18.3 Å². The van der Waals surface area contributed by atoms with E-state index in [0.717, 1.165) is 17.4 Å². The average Bonchev–Trinajstić information content (AvgIpc) is 2.66. The zero-order chi connectivity index (χ0) is 14.9. The van der Waals surface area contributed by atoms with Crippen LogP contribution in [0.3, 0.4) is 0 Å². The zero-order valence-electron chi connectivity index (χ0n) is 9.62. The highest BCUT2D eigenvalue weighted by molar-refractivity contribution is 7.20. The van der Waals surface area contributed by atoms with Gasteiger partial charge in [-0.25, -0.2) is 0 Å². The number of alkyl halides is 3. The molecular weight excluding hydrogens is 336 g/mol. The van der Waals surface area contributed by atoms with Crippen LogP contribution in [0.1, 0.15) is 17.2 Å². The van der Waals surface area contributed by atoms with Crippen LogP contribution in [0, 0.1) is 0 Å². The summed E-state index contributed by atoms with van der Waals surface area (Å²) in [6, 6.07) is 6.72. The highest BCUT2D eigenvalue weighted by atomic mass is 35.5. The van der Waals surface area contributed by atoms with Crippen LogP contribution in [-0.4, -0.2) is 11.5 Å². The van der Waals surface area contributed by atoms with Gasteiger partial charge in [0.1, 0.15) is 16.2 Å². The number of ether oxygens (including phenoxy) is 1. The third-order valence-electron chi connectivity index (χ3n) is 2.42. The molecule has 2 nitrogen and oxygen atoms in total. The van der Waals surface area contributed by atoms with Crippen molar-refractivity contribution in [2.24, 2.45) is 0 Å². The van der Waals surface area contributed by atoms with E-state index in [2.05, 4.69) is 4.74 Å². The lowest BCUT2D eigenvalue weighted by Crippen LogP contribution is -2.18. The summed E-state index contributed by atoms with van der Waals surface area (Å²) in [7, 11) is 0. The van der Waals surface area contributed by atoms with Crippen LogP contribution in [0.15, 0.2) is 30.3 Å². The first-order valence-corrected chi connectivity index (χ1v) is 6.82. The second kappa shape index (κ2) is 5.81. The number of benzene rings is 1. The second-order valence-corrected chi connectivity index (χ2v) is 6.05. The van der Waals surface area contributed by atoms with Gasteiger partial charge in [0, 0.05) is 11.1 Å². The summed E-state index contributed by atoms with van der Waals surface area (Å²) >= 11 is 12.7. The van der Waals surface area contributed by atoms with Gasteiger partial charge in [-0.15, -0.1) is 24.5 Å². The predicted molar refractivity (Wildman–Crippen MR) is 71.5 cm³/mol. The lowest BCUT2D eigenvalue weighted by Gasteiger charge is -2.16. The molecule has 8 heteroatoms. The van der Waals surface area contributed by atoms with Gasteiger partial charge in [-0.1, -0.05) is 41.4 Å². The average molecular weight is 343 g/mol. The van der Waals surface area contributed by atoms with Gasteiger partial charge < -0.3 is 9.84 Å². The molecular formula is C12H7Cl2F3O2S. The summed E-state index contributed by atoms with van der Waals surface area (Å²) in [6.45, 7) is 0. The fraction of sp³-hybridized carbons (Fsp3) is 0.167. The highest BCUT2D eigenvalue weighted by Crippen LogP contribution is 2.40. The van der Waals surface area contributed by atoms with E-state index in [1.165, 1.54) is 24.3 Å². The number of hydrogen-bond acceptors (Lipinski definition) is 3. The molecule has 0 aliphatic rings. The largest absolute Gasteiger partial charge is 0.573 e. The van der Waals surface area contributed by atoms with Gasteiger partial charge in [0.05, 0.1) is 4.34 Å². The van der Waals surface area contributed by atoms with Crippen LogP contribution in [0.4, 0.5) is 13.2 Å².